The fourth-order valence-corrected chi connectivity index (χ4v) is 13.9. The van der Waals surface area contributed by atoms with E-state index in [1.165, 1.54) is 52.4 Å². The zero-order valence-corrected chi connectivity index (χ0v) is 29.5. The molecular formula is C36H48N4O6S2. The summed E-state index contributed by atoms with van der Waals surface area (Å²) < 4.78 is 57.5. The molecule has 48 heavy (non-hydrogen) atoms. The maximum atomic E-state index is 12.9. The van der Waals surface area contributed by atoms with Gasteiger partial charge < -0.3 is 10.6 Å². The summed E-state index contributed by atoms with van der Waals surface area (Å²) in [6.45, 7) is 2.86. The van der Waals surface area contributed by atoms with Crippen molar-refractivity contribution in [3.8, 4) is 0 Å². The molecule has 0 unspecified atom stereocenters. The lowest BCUT2D eigenvalue weighted by Crippen LogP contribution is -2.59. The molecule has 0 atom stereocenters. The number of benzene rings is 2. The Hall–Kier alpha value is -2.80. The van der Waals surface area contributed by atoms with Gasteiger partial charge in [-0.15, -0.1) is 0 Å². The lowest BCUT2D eigenvalue weighted by atomic mass is 9.53. The topological polar surface area (TPSA) is 151 Å². The molecule has 10 nitrogen and oxygen atoms in total. The highest BCUT2D eigenvalue weighted by molar-refractivity contribution is 7.89. The third kappa shape index (κ3) is 7.22. The minimum Gasteiger partial charge on any atom is -0.326 e. The molecule has 4 N–H and O–H groups in total. The van der Waals surface area contributed by atoms with Crippen molar-refractivity contribution in [2.24, 2.45) is 35.5 Å². The summed E-state index contributed by atoms with van der Waals surface area (Å²) in [7, 11) is -7.06. The van der Waals surface area contributed by atoms with Crippen molar-refractivity contribution in [3.63, 3.8) is 0 Å². The van der Waals surface area contributed by atoms with Gasteiger partial charge in [0.25, 0.3) is 0 Å². The Kier molecular flexibility index (Phi) is 8.78. The van der Waals surface area contributed by atoms with E-state index in [0.717, 1.165) is 38.5 Å². The van der Waals surface area contributed by atoms with Gasteiger partial charge in [-0.3, -0.25) is 9.59 Å². The van der Waals surface area contributed by atoms with Crippen LogP contribution in [0.4, 0.5) is 11.4 Å². The zero-order valence-electron chi connectivity index (χ0n) is 27.8. The van der Waals surface area contributed by atoms with Crippen molar-refractivity contribution in [2.45, 2.75) is 112 Å². The number of anilines is 2. The maximum Gasteiger partial charge on any atom is 0.241 e. The van der Waals surface area contributed by atoms with E-state index in [4.69, 9.17) is 0 Å². The van der Waals surface area contributed by atoms with E-state index in [1.807, 2.05) is 0 Å². The second kappa shape index (κ2) is 12.5. The van der Waals surface area contributed by atoms with E-state index in [0.29, 0.717) is 46.9 Å². The number of carbonyl (C=O) groups is 2. The molecule has 8 aliphatic rings. The smallest absolute Gasteiger partial charge is 0.241 e. The van der Waals surface area contributed by atoms with E-state index in [2.05, 4.69) is 20.1 Å². The maximum absolute atomic E-state index is 12.9. The first kappa shape index (κ1) is 33.7. The minimum atomic E-state index is -3.53. The zero-order chi connectivity index (χ0) is 33.9. The lowest BCUT2D eigenvalue weighted by Gasteiger charge is -2.56. The van der Waals surface area contributed by atoms with Crippen molar-refractivity contribution in [1.29, 1.82) is 0 Å². The summed E-state index contributed by atoms with van der Waals surface area (Å²) >= 11 is 0. The molecule has 260 valence electrons. The fraction of sp³-hybridized carbons (Fsp3) is 0.611. The molecular weight excluding hydrogens is 649 g/mol. The van der Waals surface area contributed by atoms with Gasteiger partial charge in [0.1, 0.15) is 0 Å². The summed E-state index contributed by atoms with van der Waals surface area (Å²) in [5, 5.41) is 5.31. The Labute approximate surface area is 284 Å². The molecule has 0 aromatic heterocycles. The molecule has 0 heterocycles. The summed E-state index contributed by atoms with van der Waals surface area (Å²) in [4.78, 5) is 22.7. The Morgan fingerprint density at radius 1 is 0.500 bits per heavy atom. The van der Waals surface area contributed by atoms with Crippen LogP contribution < -0.4 is 20.1 Å². The molecule has 2 aromatic carbocycles. The van der Waals surface area contributed by atoms with E-state index in [9.17, 15) is 26.4 Å². The van der Waals surface area contributed by atoms with Gasteiger partial charge >= 0.3 is 0 Å². The van der Waals surface area contributed by atoms with Gasteiger partial charge in [0.05, 0.1) is 9.79 Å². The molecule has 2 amide bonds. The number of rotatable bonds is 8. The number of sulfonamides is 2. The fourth-order valence-electron chi connectivity index (χ4n) is 11.0. The van der Waals surface area contributed by atoms with Gasteiger partial charge in [-0.2, -0.15) is 0 Å². The molecule has 0 saturated heterocycles. The Bertz CT molecular complexity index is 1570. The third-order valence-corrected chi connectivity index (χ3v) is 14.9. The second-order valence-electron chi connectivity index (χ2n) is 16.0. The number of nitrogens with one attached hydrogen (secondary N) is 4. The number of carbonyl (C=O) groups excluding carboxylic acids is 2. The van der Waals surface area contributed by atoms with Crippen LogP contribution in [0, 0.1) is 35.5 Å². The van der Waals surface area contributed by atoms with Crippen molar-refractivity contribution in [2.75, 3.05) is 10.6 Å². The molecule has 10 rings (SSSR count). The van der Waals surface area contributed by atoms with Crippen LogP contribution in [0.3, 0.4) is 0 Å². The monoisotopic (exact) mass is 696 g/mol. The standard InChI is InChI=1S/2C18H24N2O3S/c2*1-12(21)19-16-2-4-17(5-3-16)24(22,23)20-18-9-13-6-14(10-18)8-15(7-13)11-18/h2*2-5,13-15,20H,6-11H2,1H3,(H,19,21). The predicted octanol–water partition coefficient (Wildman–Crippen LogP) is 5.78. The van der Waals surface area contributed by atoms with Crippen LogP contribution >= 0.6 is 0 Å². The highest BCUT2D eigenvalue weighted by atomic mass is 32.2. The Morgan fingerprint density at radius 2 is 0.750 bits per heavy atom. The van der Waals surface area contributed by atoms with Crippen LogP contribution in [-0.2, 0) is 29.6 Å². The molecule has 0 aliphatic heterocycles. The van der Waals surface area contributed by atoms with Gasteiger partial charge in [0.15, 0.2) is 0 Å². The van der Waals surface area contributed by atoms with Gasteiger partial charge in [-0.1, -0.05) is 0 Å². The van der Waals surface area contributed by atoms with Crippen molar-refractivity contribution < 1.29 is 26.4 Å². The van der Waals surface area contributed by atoms with E-state index < -0.39 is 20.0 Å². The predicted molar refractivity (Wildman–Crippen MR) is 184 cm³/mol. The first-order chi connectivity index (χ1) is 22.7. The number of hydrogen-bond donors (Lipinski definition) is 4. The van der Waals surface area contributed by atoms with Crippen LogP contribution in [0.1, 0.15) is 90.9 Å². The first-order valence-corrected chi connectivity index (χ1v) is 20.5. The minimum absolute atomic E-state index is 0.169. The normalized spacial score (nSPS) is 34.3. The molecule has 8 fully saturated rings. The number of amides is 2. The summed E-state index contributed by atoms with van der Waals surface area (Å²) in [5.41, 5.74) is 0.751. The van der Waals surface area contributed by atoms with Crippen LogP contribution in [0.15, 0.2) is 58.3 Å². The quantitative estimate of drug-likeness (QED) is 0.275. The highest BCUT2D eigenvalue weighted by Gasteiger charge is 2.53. The average molecular weight is 697 g/mol. The molecule has 0 spiro atoms. The Morgan fingerprint density at radius 3 is 0.979 bits per heavy atom. The van der Waals surface area contributed by atoms with Crippen LogP contribution in [-0.4, -0.2) is 39.7 Å². The molecule has 8 aliphatic carbocycles. The van der Waals surface area contributed by atoms with Gasteiger partial charge in [0.2, 0.25) is 31.9 Å². The van der Waals surface area contributed by atoms with Crippen molar-refractivity contribution >= 4 is 43.2 Å². The third-order valence-electron chi connectivity index (χ3n) is 11.7. The van der Waals surface area contributed by atoms with Gasteiger partial charge in [-0.05, 0) is 161 Å². The molecule has 8 bridgehead atoms. The molecule has 2 aromatic rings. The first-order valence-electron chi connectivity index (χ1n) is 17.5. The molecule has 12 heteroatoms. The summed E-state index contributed by atoms with van der Waals surface area (Å²) in [6, 6.07) is 12.8. The lowest BCUT2D eigenvalue weighted by molar-refractivity contribution is -0.115. The highest BCUT2D eigenvalue weighted by Crippen LogP contribution is 2.57. The van der Waals surface area contributed by atoms with Gasteiger partial charge in [0, 0.05) is 36.3 Å². The van der Waals surface area contributed by atoms with Crippen LogP contribution in [0.2, 0.25) is 0 Å². The van der Waals surface area contributed by atoms with E-state index >= 15 is 0 Å². The summed E-state index contributed by atoms with van der Waals surface area (Å²) in [6.07, 6.45) is 13.6. The second-order valence-corrected chi connectivity index (χ2v) is 19.4. The molecule has 0 radical (unpaired) electrons. The largest absolute Gasteiger partial charge is 0.326 e. The van der Waals surface area contributed by atoms with E-state index in [1.54, 1.807) is 48.5 Å². The van der Waals surface area contributed by atoms with E-state index in [-0.39, 0.29) is 32.7 Å². The number of hydrogen-bond acceptors (Lipinski definition) is 6. The average Bonchev–Trinajstić information content (AvgIpc) is 2.95. The van der Waals surface area contributed by atoms with Crippen LogP contribution in [0.5, 0.6) is 0 Å². The van der Waals surface area contributed by atoms with Crippen LogP contribution in [0.25, 0.3) is 0 Å². The summed E-state index contributed by atoms with van der Waals surface area (Å²) in [5.74, 6) is 3.83. The SMILES string of the molecule is CC(=O)Nc1ccc(S(=O)(=O)NC23CC4CC(CC(C4)C2)C3)cc1.CC(=O)Nc1ccc(S(=O)(=O)NC23CC4CC(CC(C4)C2)C3)cc1. The van der Waals surface area contributed by atoms with Crippen molar-refractivity contribution in [1.82, 2.24) is 9.44 Å². The molecule has 8 saturated carbocycles. The van der Waals surface area contributed by atoms with Gasteiger partial charge in [-0.25, -0.2) is 26.3 Å². The van der Waals surface area contributed by atoms with Crippen molar-refractivity contribution in [3.05, 3.63) is 48.5 Å². The Balaban J connectivity index is 0.000000152.